The highest BCUT2D eigenvalue weighted by molar-refractivity contribution is 5.85. The largest absolute Gasteiger partial charge is 0.481 e. The van der Waals surface area contributed by atoms with Gasteiger partial charge in [0.15, 0.2) is 6.61 Å². The molecule has 2 aromatic rings. The maximum Gasteiger partial charge on any atom is 0.343 e. The van der Waals surface area contributed by atoms with Gasteiger partial charge in [-0.3, -0.25) is 4.90 Å². The fraction of sp³-hybridized carbons (Fsp3) is 0.435. The molecule has 0 spiro atoms. The number of hydrogen-bond acceptors (Lipinski definition) is 5. The van der Waals surface area contributed by atoms with Gasteiger partial charge in [-0.05, 0) is 48.6 Å². The summed E-state index contributed by atoms with van der Waals surface area (Å²) in [5, 5.41) is 0. The molecule has 5 nitrogen and oxygen atoms in total. The number of esters is 1. The highest BCUT2D eigenvalue weighted by atomic mass is 35.5. The average molecular weight is 419 g/mol. The summed E-state index contributed by atoms with van der Waals surface area (Å²) in [6, 6.07) is 15.0. The van der Waals surface area contributed by atoms with Crippen molar-refractivity contribution in [2.24, 2.45) is 11.7 Å². The molecule has 1 fully saturated rings. The van der Waals surface area contributed by atoms with Gasteiger partial charge in [-0.1, -0.05) is 42.5 Å². The first-order valence-electron chi connectivity index (χ1n) is 9.79. The number of benzene rings is 2. The Bertz CT molecular complexity index is 790. The molecule has 0 radical (unpaired) electrons. The number of nitrogens with two attached hydrogens (primary N) is 1. The van der Waals surface area contributed by atoms with Crippen LogP contribution in [-0.2, 0) is 16.1 Å². The first-order chi connectivity index (χ1) is 13.5. The van der Waals surface area contributed by atoms with Gasteiger partial charge >= 0.3 is 5.97 Å². The Kier molecular flexibility index (Phi) is 8.50. The summed E-state index contributed by atoms with van der Waals surface area (Å²) in [6.45, 7) is 7.58. The van der Waals surface area contributed by atoms with Crippen LogP contribution >= 0.6 is 12.4 Å². The number of nitrogens with zero attached hydrogens (tertiary/aromatic N) is 1. The molecule has 2 N–H and O–H groups in total. The van der Waals surface area contributed by atoms with Gasteiger partial charge in [0.05, 0.1) is 7.11 Å². The zero-order valence-electron chi connectivity index (χ0n) is 17.4. The minimum atomic E-state index is -0.375. The molecule has 0 saturated carbocycles. The quantitative estimate of drug-likeness (QED) is 0.697. The minimum Gasteiger partial charge on any atom is -0.481 e. The van der Waals surface area contributed by atoms with Crippen LogP contribution in [0.25, 0.3) is 0 Å². The van der Waals surface area contributed by atoms with Crippen LogP contribution in [0.1, 0.15) is 28.2 Å². The molecule has 29 heavy (non-hydrogen) atoms. The van der Waals surface area contributed by atoms with E-state index in [2.05, 4.69) is 52.1 Å². The number of carbonyl (C=O) groups excluding carboxylic acids is 1. The van der Waals surface area contributed by atoms with Crippen molar-refractivity contribution in [3.63, 3.8) is 0 Å². The predicted molar refractivity (Wildman–Crippen MR) is 118 cm³/mol. The molecule has 0 aromatic heterocycles. The monoisotopic (exact) mass is 418 g/mol. The first kappa shape index (κ1) is 23.2. The van der Waals surface area contributed by atoms with Gasteiger partial charge in [-0.25, -0.2) is 4.79 Å². The van der Waals surface area contributed by atoms with Gasteiger partial charge in [0, 0.05) is 25.6 Å². The molecule has 6 heteroatoms. The van der Waals surface area contributed by atoms with Crippen LogP contribution in [0.3, 0.4) is 0 Å². The highest BCUT2D eigenvalue weighted by Gasteiger charge is 2.32. The van der Waals surface area contributed by atoms with Gasteiger partial charge in [0.25, 0.3) is 0 Å². The van der Waals surface area contributed by atoms with Crippen LogP contribution in [-0.4, -0.2) is 44.2 Å². The molecule has 1 saturated heterocycles. The summed E-state index contributed by atoms with van der Waals surface area (Å²) in [7, 11) is 1.36. The molecule has 1 aliphatic rings. The van der Waals surface area contributed by atoms with Crippen LogP contribution in [0.4, 0.5) is 0 Å². The van der Waals surface area contributed by atoms with E-state index in [4.69, 9.17) is 10.5 Å². The lowest BCUT2D eigenvalue weighted by atomic mass is 9.89. The zero-order valence-corrected chi connectivity index (χ0v) is 18.2. The fourth-order valence-electron chi connectivity index (χ4n) is 4.21. The molecule has 158 valence electrons. The molecule has 0 amide bonds. The van der Waals surface area contributed by atoms with Crippen LogP contribution in [0, 0.1) is 19.8 Å². The van der Waals surface area contributed by atoms with Crippen LogP contribution < -0.4 is 10.5 Å². The van der Waals surface area contributed by atoms with Crippen molar-refractivity contribution >= 4 is 18.4 Å². The fourth-order valence-corrected chi connectivity index (χ4v) is 4.21. The molecule has 1 heterocycles. The average Bonchev–Trinajstić information content (AvgIpc) is 3.10. The Morgan fingerprint density at radius 3 is 2.38 bits per heavy atom. The van der Waals surface area contributed by atoms with Crippen molar-refractivity contribution in [2.45, 2.75) is 26.3 Å². The van der Waals surface area contributed by atoms with Crippen molar-refractivity contribution < 1.29 is 14.3 Å². The number of halogens is 1. The van der Waals surface area contributed by atoms with Crippen molar-refractivity contribution in [3.8, 4) is 5.75 Å². The first-order valence-corrected chi connectivity index (χ1v) is 9.79. The normalized spacial score (nSPS) is 18.9. The van der Waals surface area contributed by atoms with E-state index in [1.54, 1.807) is 0 Å². The van der Waals surface area contributed by atoms with Crippen molar-refractivity contribution in [1.29, 1.82) is 0 Å². The number of hydrogen-bond donors (Lipinski definition) is 1. The Labute approximate surface area is 179 Å². The summed E-state index contributed by atoms with van der Waals surface area (Å²) in [4.78, 5) is 13.8. The third-order valence-corrected chi connectivity index (χ3v) is 5.54. The van der Waals surface area contributed by atoms with Gasteiger partial charge in [-0.2, -0.15) is 0 Å². The molecule has 2 atom stereocenters. The second-order valence-electron chi connectivity index (χ2n) is 7.63. The lowest BCUT2D eigenvalue weighted by Gasteiger charge is -2.19. The van der Waals surface area contributed by atoms with Crippen molar-refractivity contribution in [2.75, 3.05) is 33.4 Å². The minimum absolute atomic E-state index is 0. The Morgan fingerprint density at radius 2 is 1.79 bits per heavy atom. The second kappa shape index (κ2) is 10.6. The van der Waals surface area contributed by atoms with Crippen LogP contribution in [0.5, 0.6) is 5.75 Å². The maximum atomic E-state index is 11.3. The van der Waals surface area contributed by atoms with E-state index in [1.807, 2.05) is 13.8 Å². The standard InChI is InChI=1S/C23H30N2O3.ClH/c1-16-9-18(10-17(2)23(16)28-15-22(26)27-3)12-25-13-20(11-24)21(14-25)19-7-5-4-6-8-19;/h4-10,20-21H,11-15,24H2,1-3H3;1H/t20-,21+;/m1./s1. The van der Waals surface area contributed by atoms with E-state index in [-0.39, 0.29) is 25.0 Å². The third kappa shape index (κ3) is 5.72. The SMILES string of the molecule is COC(=O)COc1c(C)cc(CN2C[C@@H](CN)[C@H](c3ccccc3)C2)cc1C.Cl. The smallest absolute Gasteiger partial charge is 0.343 e. The number of ether oxygens (including phenoxy) is 2. The van der Waals surface area contributed by atoms with Gasteiger partial charge in [0.1, 0.15) is 5.75 Å². The molecule has 3 rings (SSSR count). The maximum absolute atomic E-state index is 11.3. The van der Waals surface area contributed by atoms with Crippen LogP contribution in [0.2, 0.25) is 0 Å². The Morgan fingerprint density at radius 1 is 1.14 bits per heavy atom. The van der Waals surface area contributed by atoms with E-state index >= 15 is 0 Å². The van der Waals surface area contributed by atoms with Gasteiger partial charge in [-0.15, -0.1) is 12.4 Å². The van der Waals surface area contributed by atoms with Gasteiger partial charge in [0.2, 0.25) is 0 Å². The molecular weight excluding hydrogens is 388 g/mol. The van der Waals surface area contributed by atoms with Crippen molar-refractivity contribution in [3.05, 3.63) is 64.7 Å². The number of likely N-dealkylation sites (tertiary alicyclic amines) is 1. The lowest BCUT2D eigenvalue weighted by molar-refractivity contribution is -0.142. The highest BCUT2D eigenvalue weighted by Crippen LogP contribution is 2.33. The molecule has 0 aliphatic carbocycles. The number of rotatable bonds is 7. The molecule has 0 unspecified atom stereocenters. The summed E-state index contributed by atoms with van der Waals surface area (Å²) in [6.07, 6.45) is 0. The number of aryl methyl sites for hydroxylation is 2. The van der Waals surface area contributed by atoms with Gasteiger partial charge < -0.3 is 15.2 Å². The summed E-state index contributed by atoms with van der Waals surface area (Å²) in [5.41, 5.74) is 10.8. The molecule has 0 bridgehead atoms. The summed E-state index contributed by atoms with van der Waals surface area (Å²) >= 11 is 0. The molecular formula is C23H31ClN2O3. The molecule has 2 aromatic carbocycles. The number of methoxy groups -OCH3 is 1. The van der Waals surface area contributed by atoms with E-state index in [0.29, 0.717) is 18.4 Å². The Balaban J connectivity index is 0.00000300. The number of carbonyl (C=O) groups is 1. The second-order valence-corrected chi connectivity index (χ2v) is 7.63. The summed E-state index contributed by atoms with van der Waals surface area (Å²) in [5.74, 6) is 1.35. The van der Waals surface area contributed by atoms with E-state index < -0.39 is 0 Å². The lowest BCUT2D eigenvalue weighted by Crippen LogP contribution is -2.23. The zero-order chi connectivity index (χ0) is 20.1. The van der Waals surface area contributed by atoms with E-state index in [9.17, 15) is 4.79 Å². The van der Waals surface area contributed by atoms with Crippen molar-refractivity contribution in [1.82, 2.24) is 4.90 Å². The topological polar surface area (TPSA) is 64.8 Å². The summed E-state index contributed by atoms with van der Waals surface area (Å²) < 4.78 is 10.3. The van der Waals surface area contributed by atoms with E-state index in [1.165, 1.54) is 18.2 Å². The van der Waals surface area contributed by atoms with Crippen LogP contribution in [0.15, 0.2) is 42.5 Å². The Hall–Kier alpha value is -2.08. The molecule has 1 aliphatic heterocycles. The van der Waals surface area contributed by atoms with E-state index in [0.717, 1.165) is 36.5 Å². The predicted octanol–water partition coefficient (Wildman–Crippen LogP) is 3.45. The third-order valence-electron chi connectivity index (χ3n) is 5.54.